The van der Waals surface area contributed by atoms with Gasteiger partial charge >= 0.3 is 6.18 Å². The van der Waals surface area contributed by atoms with Gasteiger partial charge in [0.2, 0.25) is 5.78 Å². The lowest BCUT2D eigenvalue weighted by Gasteiger charge is -2.08. The summed E-state index contributed by atoms with van der Waals surface area (Å²) in [7, 11) is 0. The van der Waals surface area contributed by atoms with Crippen LogP contribution in [0.15, 0.2) is 78.5 Å². The standard InChI is InChI=1S/C22H14F3NO/c23-22(24,25)17-10-8-15(9-11-17)16-5-3-4-14(12-16)13-20-21(27)18-6-1-2-7-19(18)26-20/h1-13,26H/b20-13-. The van der Waals surface area contributed by atoms with Crippen LogP contribution in [-0.2, 0) is 6.18 Å². The molecule has 1 aliphatic heterocycles. The maximum absolute atomic E-state index is 12.7. The van der Waals surface area contributed by atoms with Gasteiger partial charge in [0, 0.05) is 11.3 Å². The van der Waals surface area contributed by atoms with E-state index in [0.717, 1.165) is 28.9 Å². The van der Waals surface area contributed by atoms with Crippen molar-refractivity contribution in [1.29, 1.82) is 0 Å². The van der Waals surface area contributed by atoms with E-state index >= 15 is 0 Å². The Morgan fingerprint density at radius 3 is 2.26 bits per heavy atom. The number of allylic oxidation sites excluding steroid dienone is 1. The molecule has 0 bridgehead atoms. The normalized spacial score (nSPS) is 14.9. The number of hydrogen-bond acceptors (Lipinski definition) is 2. The molecule has 0 spiro atoms. The highest BCUT2D eigenvalue weighted by Crippen LogP contribution is 2.32. The Morgan fingerprint density at radius 1 is 0.815 bits per heavy atom. The number of hydrogen-bond donors (Lipinski definition) is 1. The molecule has 27 heavy (non-hydrogen) atoms. The molecule has 0 amide bonds. The minimum absolute atomic E-state index is 0.0782. The fourth-order valence-electron chi connectivity index (χ4n) is 3.07. The highest BCUT2D eigenvalue weighted by atomic mass is 19.4. The van der Waals surface area contributed by atoms with Crippen LogP contribution in [0.3, 0.4) is 0 Å². The third kappa shape index (κ3) is 3.36. The number of anilines is 1. The molecule has 0 fully saturated rings. The van der Waals surface area contributed by atoms with Crippen molar-refractivity contribution in [3.63, 3.8) is 0 Å². The van der Waals surface area contributed by atoms with E-state index in [4.69, 9.17) is 0 Å². The van der Waals surface area contributed by atoms with Gasteiger partial charge in [-0.25, -0.2) is 0 Å². The van der Waals surface area contributed by atoms with Crippen molar-refractivity contribution in [1.82, 2.24) is 0 Å². The second-order valence-corrected chi connectivity index (χ2v) is 6.26. The molecule has 5 heteroatoms. The number of carbonyl (C=O) groups is 1. The van der Waals surface area contributed by atoms with Crippen molar-refractivity contribution in [3.8, 4) is 11.1 Å². The zero-order valence-electron chi connectivity index (χ0n) is 14.0. The van der Waals surface area contributed by atoms with Gasteiger partial charge in [0.05, 0.1) is 11.3 Å². The largest absolute Gasteiger partial charge is 0.416 e. The van der Waals surface area contributed by atoms with Gasteiger partial charge in [0.25, 0.3) is 0 Å². The lowest BCUT2D eigenvalue weighted by Crippen LogP contribution is -2.04. The fourth-order valence-corrected chi connectivity index (χ4v) is 3.07. The van der Waals surface area contributed by atoms with Crippen molar-refractivity contribution in [2.24, 2.45) is 0 Å². The van der Waals surface area contributed by atoms with Crippen LogP contribution in [-0.4, -0.2) is 5.78 Å². The average Bonchev–Trinajstić information content (AvgIpc) is 2.97. The maximum Gasteiger partial charge on any atom is 0.416 e. The molecule has 4 rings (SSSR count). The molecule has 134 valence electrons. The van der Waals surface area contributed by atoms with Gasteiger partial charge < -0.3 is 5.32 Å². The van der Waals surface area contributed by atoms with Crippen LogP contribution in [0.1, 0.15) is 21.5 Å². The fraction of sp³-hybridized carbons (Fsp3) is 0.0455. The van der Waals surface area contributed by atoms with Gasteiger partial charge in [-0.05, 0) is 53.1 Å². The molecule has 0 saturated heterocycles. The number of halogens is 3. The molecule has 0 aliphatic carbocycles. The number of nitrogens with one attached hydrogen (secondary N) is 1. The summed E-state index contributed by atoms with van der Waals surface area (Å²) < 4.78 is 38.1. The number of ketones is 1. The van der Waals surface area contributed by atoms with Crippen LogP contribution < -0.4 is 5.32 Å². The first-order valence-electron chi connectivity index (χ1n) is 8.32. The summed E-state index contributed by atoms with van der Waals surface area (Å²) in [5, 5.41) is 3.10. The SMILES string of the molecule is O=C1/C(=C/c2cccc(-c3ccc(C(F)(F)F)cc3)c2)Nc2ccccc21. The number of para-hydroxylation sites is 1. The zero-order chi connectivity index (χ0) is 19.0. The number of alkyl halides is 3. The Kier molecular flexibility index (Phi) is 4.07. The highest BCUT2D eigenvalue weighted by Gasteiger charge is 2.30. The van der Waals surface area contributed by atoms with E-state index in [9.17, 15) is 18.0 Å². The minimum atomic E-state index is -4.35. The first kappa shape index (κ1) is 17.1. The van der Waals surface area contributed by atoms with Crippen molar-refractivity contribution in [2.45, 2.75) is 6.18 Å². The molecular formula is C22H14F3NO. The van der Waals surface area contributed by atoms with Crippen LogP contribution in [0.25, 0.3) is 17.2 Å². The van der Waals surface area contributed by atoms with Gasteiger partial charge in [-0.3, -0.25) is 4.79 Å². The number of fused-ring (bicyclic) bond motifs is 1. The summed E-state index contributed by atoms with van der Waals surface area (Å²) >= 11 is 0. The summed E-state index contributed by atoms with van der Waals surface area (Å²) in [6.07, 6.45) is -2.61. The quantitative estimate of drug-likeness (QED) is 0.563. The topological polar surface area (TPSA) is 29.1 Å². The van der Waals surface area contributed by atoms with E-state index in [-0.39, 0.29) is 5.78 Å². The molecule has 3 aromatic carbocycles. The van der Waals surface area contributed by atoms with Crippen LogP contribution in [0, 0.1) is 0 Å². The second kappa shape index (κ2) is 6.43. The average molecular weight is 365 g/mol. The van der Waals surface area contributed by atoms with Crippen molar-refractivity contribution >= 4 is 17.5 Å². The number of carbonyl (C=O) groups excluding carboxylic acids is 1. The van der Waals surface area contributed by atoms with Gasteiger partial charge in [0.1, 0.15) is 0 Å². The van der Waals surface area contributed by atoms with E-state index in [2.05, 4.69) is 5.32 Å². The molecule has 0 atom stereocenters. The van der Waals surface area contributed by atoms with Crippen molar-refractivity contribution in [3.05, 3.63) is 95.2 Å². The second-order valence-electron chi connectivity index (χ2n) is 6.26. The van der Waals surface area contributed by atoms with Gasteiger partial charge in [0.15, 0.2) is 0 Å². The number of benzene rings is 3. The van der Waals surface area contributed by atoms with Crippen LogP contribution in [0.2, 0.25) is 0 Å². The van der Waals surface area contributed by atoms with E-state index in [1.54, 1.807) is 12.1 Å². The van der Waals surface area contributed by atoms with Crippen molar-refractivity contribution < 1.29 is 18.0 Å². The smallest absolute Gasteiger partial charge is 0.352 e. The molecule has 1 N–H and O–H groups in total. The first-order chi connectivity index (χ1) is 12.9. The molecule has 1 heterocycles. The number of rotatable bonds is 2. The predicted molar refractivity (Wildman–Crippen MR) is 99.3 cm³/mol. The van der Waals surface area contributed by atoms with Gasteiger partial charge in [-0.15, -0.1) is 0 Å². The Balaban J connectivity index is 1.63. The van der Waals surface area contributed by atoms with Crippen LogP contribution in [0.4, 0.5) is 18.9 Å². The molecule has 0 radical (unpaired) electrons. The Labute approximate surface area is 154 Å². The molecule has 3 aromatic rings. The first-order valence-corrected chi connectivity index (χ1v) is 8.32. The van der Waals surface area contributed by atoms with E-state index in [1.807, 2.05) is 42.5 Å². The number of Topliss-reactive ketones (excluding diaryl/α,β-unsaturated/α-hetero) is 1. The Hall–Kier alpha value is -3.34. The maximum atomic E-state index is 12.7. The zero-order valence-corrected chi connectivity index (χ0v) is 14.0. The van der Waals surface area contributed by atoms with E-state index < -0.39 is 11.7 Å². The van der Waals surface area contributed by atoms with Crippen LogP contribution in [0.5, 0.6) is 0 Å². The summed E-state index contributed by atoms with van der Waals surface area (Å²) in [6.45, 7) is 0. The summed E-state index contributed by atoms with van der Waals surface area (Å²) in [6, 6.07) is 19.6. The van der Waals surface area contributed by atoms with E-state index in [0.29, 0.717) is 16.8 Å². The summed E-state index contributed by atoms with van der Waals surface area (Å²) in [5.74, 6) is -0.0782. The third-order valence-electron chi connectivity index (χ3n) is 4.43. The lowest BCUT2D eigenvalue weighted by atomic mass is 10.0. The molecule has 1 aliphatic rings. The van der Waals surface area contributed by atoms with Gasteiger partial charge in [-0.2, -0.15) is 13.2 Å². The molecule has 2 nitrogen and oxygen atoms in total. The van der Waals surface area contributed by atoms with Crippen LogP contribution >= 0.6 is 0 Å². The summed E-state index contributed by atoms with van der Waals surface area (Å²) in [5.41, 5.74) is 3.44. The van der Waals surface area contributed by atoms with E-state index in [1.165, 1.54) is 12.1 Å². The Bertz CT molecular complexity index is 1050. The highest BCUT2D eigenvalue weighted by molar-refractivity contribution is 6.20. The minimum Gasteiger partial charge on any atom is -0.352 e. The Morgan fingerprint density at radius 2 is 1.56 bits per heavy atom. The predicted octanol–water partition coefficient (Wildman–Crippen LogP) is 6.02. The summed E-state index contributed by atoms with van der Waals surface area (Å²) in [4.78, 5) is 12.5. The molecule has 0 unspecified atom stereocenters. The molecular weight excluding hydrogens is 351 g/mol. The lowest BCUT2D eigenvalue weighted by molar-refractivity contribution is -0.137. The van der Waals surface area contributed by atoms with Crippen molar-refractivity contribution in [2.75, 3.05) is 5.32 Å². The molecule has 0 aromatic heterocycles. The monoisotopic (exact) mass is 365 g/mol. The molecule has 0 saturated carbocycles. The third-order valence-corrected chi connectivity index (χ3v) is 4.43. The van der Waals surface area contributed by atoms with Gasteiger partial charge in [-0.1, -0.05) is 42.5 Å².